The Morgan fingerprint density at radius 1 is 1.24 bits per heavy atom. The predicted octanol–water partition coefficient (Wildman–Crippen LogP) is 2.23. The maximum absolute atomic E-state index is 11.2. The molecule has 0 spiro atoms. The van der Waals surface area contributed by atoms with Crippen molar-refractivity contribution in [3.05, 3.63) is 38.8 Å². The fourth-order valence-corrected chi connectivity index (χ4v) is 2.63. The quantitative estimate of drug-likeness (QED) is 0.621. The van der Waals surface area contributed by atoms with Crippen molar-refractivity contribution in [1.29, 1.82) is 0 Å². The van der Waals surface area contributed by atoms with Gasteiger partial charge in [-0.3, -0.25) is 9.97 Å². The molecule has 0 saturated heterocycles. The Kier molecular flexibility index (Phi) is 3.52. The third kappa shape index (κ3) is 2.23. The molecule has 2 heterocycles. The first-order chi connectivity index (χ1) is 10.3. The summed E-state index contributed by atoms with van der Waals surface area (Å²) >= 11 is 3.39. The van der Waals surface area contributed by atoms with Gasteiger partial charge < -0.3 is 0 Å². The molecule has 0 unspecified atom stereocenters. The highest BCUT2D eigenvalue weighted by Gasteiger charge is 2.28. The summed E-state index contributed by atoms with van der Waals surface area (Å²) < 4.78 is 0.535. The average Bonchev–Trinajstić information content (AvgIpc) is 2.99. The third-order valence-corrected chi connectivity index (χ3v) is 3.73. The lowest BCUT2D eigenvalue weighted by Crippen LogP contribution is -2.35. The molecule has 1 aromatic carbocycles. The minimum atomic E-state index is 0.0870. The van der Waals surface area contributed by atoms with Crippen LogP contribution in [0.15, 0.2) is 44.6 Å². The minimum absolute atomic E-state index is 0.0870. The van der Waals surface area contributed by atoms with Crippen molar-refractivity contribution < 1.29 is 0 Å². The Morgan fingerprint density at radius 2 is 2.05 bits per heavy atom. The Morgan fingerprint density at radius 3 is 2.81 bits per heavy atom. The van der Waals surface area contributed by atoms with Crippen LogP contribution in [0.5, 0.6) is 0 Å². The van der Waals surface area contributed by atoms with E-state index in [0.717, 1.165) is 10.0 Å². The lowest BCUT2D eigenvalue weighted by atomic mass is 10.2. The molecule has 0 bridgehead atoms. The van der Waals surface area contributed by atoms with Gasteiger partial charge in [-0.1, -0.05) is 0 Å². The molecule has 0 atom stereocenters. The summed E-state index contributed by atoms with van der Waals surface area (Å²) in [6.45, 7) is 0.688. The molecule has 1 aliphatic rings. The second-order valence-electron chi connectivity index (χ2n) is 4.10. The largest absolute Gasteiger partial charge is 0.253 e. The molecule has 0 aliphatic carbocycles. The lowest BCUT2D eigenvalue weighted by Gasteiger charge is -2.20. The summed E-state index contributed by atoms with van der Waals surface area (Å²) in [4.78, 5) is 34.4. The van der Waals surface area contributed by atoms with Crippen LogP contribution in [0.2, 0.25) is 0 Å². The van der Waals surface area contributed by atoms with Crippen molar-refractivity contribution in [2.45, 2.75) is 0 Å². The van der Waals surface area contributed by atoms with Crippen LogP contribution in [0.1, 0.15) is 0 Å². The maximum Gasteiger partial charge on any atom is 0.248 e. The molecule has 0 N–H and O–H groups in total. The number of rotatable bonds is 3. The fraction of sp³-hybridized carbons (Fsp3) is 0.182. The Labute approximate surface area is 126 Å². The summed E-state index contributed by atoms with van der Waals surface area (Å²) in [5.41, 5.74) is 1.65. The number of fused-ring (bicyclic) bond motifs is 1. The molecule has 0 amide bonds. The van der Waals surface area contributed by atoms with Crippen molar-refractivity contribution in [2.75, 3.05) is 18.1 Å². The predicted molar refractivity (Wildman–Crippen MR) is 80.3 cm³/mol. The SMILES string of the molecule is O=NN1CCN=C1N(N=O)c1ccc2nccnc2c1Br. The van der Waals surface area contributed by atoms with Gasteiger partial charge in [-0.25, -0.2) is 4.99 Å². The number of hydrogen-bond acceptors (Lipinski definition) is 7. The van der Waals surface area contributed by atoms with E-state index in [4.69, 9.17) is 0 Å². The van der Waals surface area contributed by atoms with Gasteiger partial charge in [0.25, 0.3) is 0 Å². The van der Waals surface area contributed by atoms with Crippen LogP contribution in [0, 0.1) is 9.81 Å². The Bertz CT molecular complexity index is 750. The maximum atomic E-state index is 11.2. The first-order valence-electron chi connectivity index (χ1n) is 5.94. The van der Waals surface area contributed by atoms with Crippen LogP contribution in [-0.2, 0) is 0 Å². The molecule has 3 rings (SSSR count). The van der Waals surface area contributed by atoms with E-state index in [0.29, 0.717) is 34.3 Å². The number of benzene rings is 1. The number of aromatic nitrogens is 2. The topological polar surface area (TPSA) is 103 Å². The molecule has 2 aromatic rings. The molecule has 106 valence electrons. The van der Waals surface area contributed by atoms with Crippen LogP contribution < -0.4 is 5.01 Å². The summed E-state index contributed by atoms with van der Waals surface area (Å²) in [6, 6.07) is 3.35. The van der Waals surface area contributed by atoms with Gasteiger partial charge >= 0.3 is 0 Å². The number of hydrogen-bond donors (Lipinski definition) is 0. The minimum Gasteiger partial charge on any atom is -0.253 e. The van der Waals surface area contributed by atoms with Crippen molar-refractivity contribution in [2.24, 2.45) is 15.6 Å². The first kappa shape index (κ1) is 13.5. The number of nitrogens with zero attached hydrogens (tertiary/aromatic N) is 7. The van der Waals surface area contributed by atoms with E-state index >= 15 is 0 Å². The smallest absolute Gasteiger partial charge is 0.248 e. The number of halogens is 1. The zero-order chi connectivity index (χ0) is 14.8. The van der Waals surface area contributed by atoms with E-state index < -0.39 is 0 Å². The van der Waals surface area contributed by atoms with E-state index in [1.807, 2.05) is 0 Å². The van der Waals surface area contributed by atoms with Crippen molar-refractivity contribution in [3.63, 3.8) is 0 Å². The van der Waals surface area contributed by atoms with E-state index in [1.54, 1.807) is 24.5 Å². The molecular formula is C11H8BrN7O2. The van der Waals surface area contributed by atoms with Crippen LogP contribution in [0.4, 0.5) is 5.69 Å². The summed E-state index contributed by atoms with van der Waals surface area (Å²) in [5, 5.41) is 7.85. The Balaban J connectivity index is 2.11. The van der Waals surface area contributed by atoms with Gasteiger partial charge in [0.2, 0.25) is 5.96 Å². The van der Waals surface area contributed by atoms with Gasteiger partial charge in [-0.05, 0) is 28.1 Å². The molecule has 0 fully saturated rings. The molecule has 0 radical (unpaired) electrons. The van der Waals surface area contributed by atoms with E-state index in [9.17, 15) is 9.81 Å². The Hall–Kier alpha value is -2.49. The molecule has 1 aliphatic heterocycles. The first-order valence-corrected chi connectivity index (χ1v) is 6.73. The molecule has 1 aromatic heterocycles. The van der Waals surface area contributed by atoms with E-state index in [-0.39, 0.29) is 5.96 Å². The highest BCUT2D eigenvalue weighted by molar-refractivity contribution is 9.10. The summed E-state index contributed by atoms with van der Waals surface area (Å²) in [5.74, 6) is 0.0870. The molecule has 10 heteroatoms. The van der Waals surface area contributed by atoms with Crippen LogP contribution >= 0.6 is 15.9 Å². The standard InChI is InChI=1S/C11H8BrN7O2/c12-9-8(2-1-7-10(9)14-4-3-13-7)19(17-21)11-15-5-6-18(11)16-20/h1-4H,5-6H2. The highest BCUT2D eigenvalue weighted by atomic mass is 79.9. The number of nitroso groups, excluding NO2 is 2. The lowest BCUT2D eigenvalue weighted by molar-refractivity contribution is 0.474. The van der Waals surface area contributed by atoms with Crippen molar-refractivity contribution >= 4 is 38.6 Å². The third-order valence-electron chi connectivity index (χ3n) is 2.95. The number of guanidine groups is 1. The molecular weight excluding hydrogens is 342 g/mol. The van der Waals surface area contributed by atoms with E-state index in [1.165, 1.54) is 0 Å². The zero-order valence-electron chi connectivity index (χ0n) is 10.5. The average molecular weight is 350 g/mol. The summed E-state index contributed by atoms with van der Waals surface area (Å²) in [7, 11) is 0. The van der Waals surface area contributed by atoms with Gasteiger partial charge in [-0.2, -0.15) is 10.0 Å². The number of aliphatic imine (C=N–C) groups is 1. The van der Waals surface area contributed by atoms with Gasteiger partial charge in [-0.15, -0.1) is 9.81 Å². The van der Waals surface area contributed by atoms with Gasteiger partial charge in [0.15, 0.2) is 0 Å². The second-order valence-corrected chi connectivity index (χ2v) is 4.90. The molecule has 0 saturated carbocycles. The monoisotopic (exact) mass is 349 g/mol. The van der Waals surface area contributed by atoms with Gasteiger partial charge in [0.05, 0.1) is 39.3 Å². The van der Waals surface area contributed by atoms with Crippen LogP contribution in [0.3, 0.4) is 0 Å². The second kappa shape index (κ2) is 5.48. The van der Waals surface area contributed by atoms with Crippen molar-refractivity contribution in [1.82, 2.24) is 15.0 Å². The van der Waals surface area contributed by atoms with E-state index in [2.05, 4.69) is 41.5 Å². The van der Waals surface area contributed by atoms with Crippen LogP contribution in [0.25, 0.3) is 11.0 Å². The van der Waals surface area contributed by atoms with Crippen LogP contribution in [-0.4, -0.2) is 34.0 Å². The highest BCUT2D eigenvalue weighted by Crippen LogP contribution is 2.33. The van der Waals surface area contributed by atoms with Gasteiger partial charge in [0.1, 0.15) is 5.52 Å². The van der Waals surface area contributed by atoms with Gasteiger partial charge in [0, 0.05) is 12.4 Å². The fourth-order valence-electron chi connectivity index (χ4n) is 2.02. The summed E-state index contributed by atoms with van der Waals surface area (Å²) in [6.07, 6.45) is 3.12. The molecule has 21 heavy (non-hydrogen) atoms. The normalized spacial score (nSPS) is 14.1. The zero-order valence-corrected chi connectivity index (χ0v) is 12.1. The number of anilines is 1. The van der Waals surface area contributed by atoms with Crippen molar-refractivity contribution in [3.8, 4) is 0 Å². The molecule has 9 nitrogen and oxygen atoms in total.